The van der Waals surface area contributed by atoms with Crippen LogP contribution in [-0.4, -0.2) is 9.97 Å². The second kappa shape index (κ2) is 2.27. The first-order valence-electron chi connectivity index (χ1n) is 3.85. The largest absolute Gasteiger partial charge is 0.324 e. The number of nitrogens with zero attached hydrogens (tertiary/aromatic N) is 2. The summed E-state index contributed by atoms with van der Waals surface area (Å²) in [5.41, 5.74) is 8.09. The molecule has 0 saturated heterocycles. The average Bonchev–Trinajstić information content (AvgIpc) is 2.32. The Bertz CT molecular complexity index is 283. The Kier molecular flexibility index (Phi) is 1.39. The van der Waals surface area contributed by atoms with E-state index in [-0.39, 0.29) is 6.04 Å². The van der Waals surface area contributed by atoms with Crippen molar-refractivity contribution in [2.24, 2.45) is 5.73 Å². The second-order valence-electron chi connectivity index (χ2n) is 2.96. The fourth-order valence-electron chi connectivity index (χ4n) is 1.48. The molecule has 58 valence electrons. The molecule has 2 N–H and O–H groups in total. The topological polar surface area (TPSA) is 51.8 Å². The fourth-order valence-corrected chi connectivity index (χ4v) is 1.48. The number of hydrogen-bond acceptors (Lipinski definition) is 3. The van der Waals surface area contributed by atoms with Gasteiger partial charge >= 0.3 is 0 Å². The molecule has 0 bridgehead atoms. The number of rotatable bonds is 0. The van der Waals surface area contributed by atoms with E-state index in [1.807, 2.05) is 13.1 Å². The summed E-state index contributed by atoms with van der Waals surface area (Å²) in [4.78, 5) is 8.42. The second-order valence-corrected chi connectivity index (χ2v) is 2.96. The van der Waals surface area contributed by atoms with E-state index >= 15 is 0 Å². The van der Waals surface area contributed by atoms with Crippen LogP contribution in [-0.2, 0) is 6.42 Å². The van der Waals surface area contributed by atoms with E-state index in [9.17, 15) is 0 Å². The van der Waals surface area contributed by atoms with E-state index in [0.717, 1.165) is 29.9 Å². The third-order valence-electron chi connectivity index (χ3n) is 2.11. The summed E-state index contributed by atoms with van der Waals surface area (Å²) in [5.74, 6) is 0.845. The van der Waals surface area contributed by atoms with Crippen molar-refractivity contribution < 1.29 is 0 Å². The van der Waals surface area contributed by atoms with Gasteiger partial charge in [-0.05, 0) is 19.8 Å². The molecular weight excluding hydrogens is 138 g/mol. The van der Waals surface area contributed by atoms with E-state index in [2.05, 4.69) is 9.97 Å². The van der Waals surface area contributed by atoms with Gasteiger partial charge in [0.2, 0.25) is 0 Å². The van der Waals surface area contributed by atoms with Crippen LogP contribution in [0.3, 0.4) is 0 Å². The van der Waals surface area contributed by atoms with Gasteiger partial charge in [0, 0.05) is 23.5 Å². The van der Waals surface area contributed by atoms with Gasteiger partial charge in [0.25, 0.3) is 0 Å². The quantitative estimate of drug-likeness (QED) is 0.591. The molecular formula is C8H11N3. The van der Waals surface area contributed by atoms with Gasteiger partial charge in [0.15, 0.2) is 0 Å². The lowest BCUT2D eigenvalue weighted by atomic mass is 10.2. The lowest BCUT2D eigenvalue weighted by Gasteiger charge is -2.02. The van der Waals surface area contributed by atoms with Gasteiger partial charge in [0.1, 0.15) is 5.82 Å². The van der Waals surface area contributed by atoms with Crippen molar-refractivity contribution in [1.82, 2.24) is 9.97 Å². The third kappa shape index (κ3) is 1.01. The summed E-state index contributed by atoms with van der Waals surface area (Å²) < 4.78 is 0. The van der Waals surface area contributed by atoms with Gasteiger partial charge < -0.3 is 5.73 Å². The fraction of sp³-hybridized carbons (Fsp3) is 0.500. The lowest BCUT2D eigenvalue weighted by molar-refractivity contribution is 0.711. The maximum absolute atomic E-state index is 5.82. The smallest absolute Gasteiger partial charge is 0.125 e. The summed E-state index contributed by atoms with van der Waals surface area (Å²) in [7, 11) is 0. The number of aryl methyl sites for hydroxylation is 2. The molecule has 1 aromatic rings. The van der Waals surface area contributed by atoms with Crippen LogP contribution < -0.4 is 5.73 Å². The zero-order valence-electron chi connectivity index (χ0n) is 6.54. The summed E-state index contributed by atoms with van der Waals surface area (Å²) in [5, 5.41) is 0. The van der Waals surface area contributed by atoms with E-state index in [0.29, 0.717) is 0 Å². The van der Waals surface area contributed by atoms with Crippen LogP contribution in [0.25, 0.3) is 0 Å². The predicted molar refractivity (Wildman–Crippen MR) is 42.0 cm³/mol. The predicted octanol–water partition coefficient (Wildman–Crippen LogP) is 0.731. The van der Waals surface area contributed by atoms with Crippen molar-refractivity contribution in [3.8, 4) is 0 Å². The molecule has 0 amide bonds. The molecule has 1 aliphatic rings. The molecule has 1 heterocycles. The standard InChI is InChI=1S/C8H11N3/c1-5-10-4-6-7(9)2-3-8(6)11-5/h4,7H,2-3,9H2,1H3. The minimum atomic E-state index is 0.172. The van der Waals surface area contributed by atoms with Crippen molar-refractivity contribution in [1.29, 1.82) is 0 Å². The van der Waals surface area contributed by atoms with Crippen molar-refractivity contribution in [2.45, 2.75) is 25.8 Å². The monoisotopic (exact) mass is 149 g/mol. The van der Waals surface area contributed by atoms with Gasteiger partial charge in [0.05, 0.1) is 0 Å². The molecule has 1 aromatic heterocycles. The molecule has 0 fully saturated rings. The van der Waals surface area contributed by atoms with E-state index in [4.69, 9.17) is 5.73 Å². The highest BCUT2D eigenvalue weighted by molar-refractivity contribution is 5.26. The average molecular weight is 149 g/mol. The molecule has 3 nitrogen and oxygen atoms in total. The molecule has 1 unspecified atom stereocenters. The van der Waals surface area contributed by atoms with Crippen LogP contribution in [0.4, 0.5) is 0 Å². The van der Waals surface area contributed by atoms with Gasteiger partial charge in [-0.1, -0.05) is 0 Å². The van der Waals surface area contributed by atoms with Crippen molar-refractivity contribution in [3.05, 3.63) is 23.3 Å². The molecule has 1 aliphatic carbocycles. The molecule has 0 radical (unpaired) electrons. The number of aromatic nitrogens is 2. The van der Waals surface area contributed by atoms with Crippen LogP contribution in [0.1, 0.15) is 29.5 Å². The Balaban J connectivity index is 2.50. The minimum absolute atomic E-state index is 0.172. The van der Waals surface area contributed by atoms with Crippen LogP contribution >= 0.6 is 0 Å². The Morgan fingerprint density at radius 3 is 3.27 bits per heavy atom. The molecule has 3 heteroatoms. The van der Waals surface area contributed by atoms with E-state index in [1.165, 1.54) is 0 Å². The summed E-state index contributed by atoms with van der Waals surface area (Å²) >= 11 is 0. The van der Waals surface area contributed by atoms with Crippen LogP contribution in [0, 0.1) is 6.92 Å². The highest BCUT2D eigenvalue weighted by atomic mass is 14.9. The SMILES string of the molecule is Cc1ncc2c(n1)CCC2N. The van der Waals surface area contributed by atoms with Gasteiger partial charge in [-0.3, -0.25) is 0 Å². The third-order valence-corrected chi connectivity index (χ3v) is 2.11. The zero-order chi connectivity index (χ0) is 7.84. The van der Waals surface area contributed by atoms with Gasteiger partial charge in [-0.15, -0.1) is 0 Å². The van der Waals surface area contributed by atoms with E-state index < -0.39 is 0 Å². The lowest BCUT2D eigenvalue weighted by Crippen LogP contribution is -2.06. The summed E-state index contributed by atoms with van der Waals surface area (Å²) in [6.07, 6.45) is 3.89. The molecule has 0 saturated carbocycles. The summed E-state index contributed by atoms with van der Waals surface area (Å²) in [6.45, 7) is 1.91. The van der Waals surface area contributed by atoms with Crippen LogP contribution in [0.2, 0.25) is 0 Å². The zero-order valence-corrected chi connectivity index (χ0v) is 6.54. The highest BCUT2D eigenvalue weighted by Gasteiger charge is 2.20. The molecule has 11 heavy (non-hydrogen) atoms. The molecule has 0 spiro atoms. The molecule has 2 rings (SSSR count). The minimum Gasteiger partial charge on any atom is -0.324 e. The first kappa shape index (κ1) is 6.73. The van der Waals surface area contributed by atoms with Gasteiger partial charge in [-0.2, -0.15) is 0 Å². The van der Waals surface area contributed by atoms with Crippen molar-refractivity contribution >= 4 is 0 Å². The Hall–Kier alpha value is -0.960. The Morgan fingerprint density at radius 2 is 2.45 bits per heavy atom. The molecule has 1 atom stereocenters. The Morgan fingerprint density at radius 1 is 1.64 bits per heavy atom. The maximum atomic E-state index is 5.82. The van der Waals surface area contributed by atoms with Crippen molar-refractivity contribution in [2.75, 3.05) is 0 Å². The highest BCUT2D eigenvalue weighted by Crippen LogP contribution is 2.26. The normalized spacial score (nSPS) is 21.8. The van der Waals surface area contributed by atoms with Crippen LogP contribution in [0.5, 0.6) is 0 Å². The number of nitrogens with two attached hydrogens (primary N) is 1. The first-order valence-corrected chi connectivity index (χ1v) is 3.85. The van der Waals surface area contributed by atoms with Gasteiger partial charge in [-0.25, -0.2) is 9.97 Å². The first-order chi connectivity index (χ1) is 5.27. The van der Waals surface area contributed by atoms with E-state index in [1.54, 1.807) is 0 Å². The maximum Gasteiger partial charge on any atom is 0.125 e. The number of fused-ring (bicyclic) bond motifs is 1. The summed E-state index contributed by atoms with van der Waals surface area (Å²) in [6, 6.07) is 0.172. The van der Waals surface area contributed by atoms with Crippen LogP contribution in [0.15, 0.2) is 6.20 Å². The Labute approximate surface area is 65.7 Å². The number of hydrogen-bond donors (Lipinski definition) is 1. The molecule has 0 aromatic carbocycles. The molecule has 0 aliphatic heterocycles. The van der Waals surface area contributed by atoms with Crippen molar-refractivity contribution in [3.63, 3.8) is 0 Å².